The van der Waals surface area contributed by atoms with E-state index < -0.39 is 5.92 Å². The second-order valence-electron chi connectivity index (χ2n) is 6.27. The van der Waals surface area contributed by atoms with E-state index in [0.29, 0.717) is 10.8 Å². The Labute approximate surface area is 142 Å². The van der Waals surface area contributed by atoms with Crippen LogP contribution in [0, 0.1) is 18.8 Å². The van der Waals surface area contributed by atoms with Crippen LogP contribution in [0.4, 0.5) is 0 Å². The van der Waals surface area contributed by atoms with Crippen LogP contribution in [0.2, 0.25) is 5.15 Å². The van der Waals surface area contributed by atoms with Crippen LogP contribution in [0.15, 0.2) is 18.3 Å². The first-order valence-corrected chi connectivity index (χ1v) is 8.90. The maximum atomic E-state index is 12.7. The van der Waals surface area contributed by atoms with Gasteiger partial charge in [0, 0.05) is 28.5 Å². The van der Waals surface area contributed by atoms with Crippen molar-refractivity contribution in [3.8, 4) is 10.6 Å². The van der Waals surface area contributed by atoms with Gasteiger partial charge in [-0.3, -0.25) is 9.59 Å². The molecule has 0 radical (unpaired) electrons. The number of thiazole rings is 1. The van der Waals surface area contributed by atoms with Crippen LogP contribution < -0.4 is 0 Å². The molecular weight excluding hydrogens is 332 g/mol. The standard InChI is InChI=1S/C17H15ClN2O2S/c1-8-14(13-15(21)9-2-3-10(6-9)16(13)22)20-17(23-8)11-4-5-12(18)19-7-11/h4-5,7,9-10,13H,2-3,6H2,1H3/t9-,10-/m0/s1. The minimum atomic E-state index is -0.661. The first-order valence-electron chi connectivity index (χ1n) is 7.71. The third-order valence-electron chi connectivity index (χ3n) is 4.89. The van der Waals surface area contributed by atoms with Crippen molar-refractivity contribution in [2.75, 3.05) is 0 Å². The number of aryl methyl sites for hydroxylation is 1. The Morgan fingerprint density at radius 2 is 1.87 bits per heavy atom. The Balaban J connectivity index is 1.73. The summed E-state index contributed by atoms with van der Waals surface area (Å²) in [6, 6.07) is 3.57. The molecule has 0 aromatic carbocycles. The first kappa shape index (κ1) is 15.0. The molecule has 2 aromatic heterocycles. The first-order chi connectivity index (χ1) is 11.0. The lowest BCUT2D eigenvalue weighted by molar-refractivity contribution is -0.136. The van der Waals surface area contributed by atoms with Crippen molar-refractivity contribution in [2.45, 2.75) is 32.1 Å². The zero-order chi connectivity index (χ0) is 16.1. The van der Waals surface area contributed by atoms with Gasteiger partial charge in [-0.25, -0.2) is 9.97 Å². The normalized spacial score (nSPS) is 26.8. The number of hydrogen-bond acceptors (Lipinski definition) is 5. The number of pyridine rings is 1. The van der Waals surface area contributed by atoms with Crippen LogP contribution >= 0.6 is 22.9 Å². The van der Waals surface area contributed by atoms with Gasteiger partial charge in [-0.15, -0.1) is 11.3 Å². The SMILES string of the molecule is Cc1sc(-c2ccc(Cl)nc2)nc1C1C(=O)[C@H]2CC[C@@H](C2)C1=O. The van der Waals surface area contributed by atoms with E-state index in [1.165, 1.54) is 11.3 Å². The van der Waals surface area contributed by atoms with E-state index >= 15 is 0 Å². The summed E-state index contributed by atoms with van der Waals surface area (Å²) in [5.74, 6) is -0.434. The highest BCUT2D eigenvalue weighted by molar-refractivity contribution is 7.15. The van der Waals surface area contributed by atoms with E-state index in [4.69, 9.17) is 11.6 Å². The third-order valence-corrected chi connectivity index (χ3v) is 6.15. The number of nitrogens with zero attached hydrogens (tertiary/aromatic N) is 2. The van der Waals surface area contributed by atoms with E-state index in [9.17, 15) is 9.59 Å². The van der Waals surface area contributed by atoms with Gasteiger partial charge in [-0.05, 0) is 38.3 Å². The van der Waals surface area contributed by atoms with Gasteiger partial charge < -0.3 is 0 Å². The van der Waals surface area contributed by atoms with E-state index in [-0.39, 0.29) is 23.4 Å². The predicted molar refractivity (Wildman–Crippen MR) is 88.7 cm³/mol. The van der Waals surface area contributed by atoms with Crippen LogP contribution in [0.25, 0.3) is 10.6 Å². The molecule has 0 saturated heterocycles. The average molecular weight is 347 g/mol. The number of hydrogen-bond donors (Lipinski definition) is 0. The number of fused-ring (bicyclic) bond motifs is 2. The Bertz CT molecular complexity index is 777. The zero-order valence-electron chi connectivity index (χ0n) is 12.6. The van der Waals surface area contributed by atoms with Crippen molar-refractivity contribution in [3.63, 3.8) is 0 Å². The fourth-order valence-corrected chi connectivity index (χ4v) is 4.73. The molecule has 4 rings (SSSR count). The molecule has 2 saturated carbocycles. The van der Waals surface area contributed by atoms with Crippen molar-refractivity contribution in [1.29, 1.82) is 0 Å². The van der Waals surface area contributed by atoms with Crippen LogP contribution in [-0.2, 0) is 9.59 Å². The van der Waals surface area contributed by atoms with Crippen LogP contribution in [0.5, 0.6) is 0 Å². The second-order valence-corrected chi connectivity index (χ2v) is 7.87. The number of carbonyl (C=O) groups is 2. The summed E-state index contributed by atoms with van der Waals surface area (Å²) >= 11 is 7.31. The van der Waals surface area contributed by atoms with Crippen molar-refractivity contribution in [1.82, 2.24) is 9.97 Å². The summed E-state index contributed by atoms with van der Waals surface area (Å²) in [5, 5.41) is 1.21. The minimum absolute atomic E-state index is 0.0458. The highest BCUT2D eigenvalue weighted by atomic mass is 35.5. The summed E-state index contributed by atoms with van der Waals surface area (Å²) in [5.41, 5.74) is 1.50. The molecule has 2 atom stereocenters. The Morgan fingerprint density at radius 3 is 2.48 bits per heavy atom. The van der Waals surface area contributed by atoms with Crippen LogP contribution in [0.3, 0.4) is 0 Å². The van der Waals surface area contributed by atoms with Crippen LogP contribution in [-0.4, -0.2) is 21.5 Å². The highest BCUT2D eigenvalue weighted by Gasteiger charge is 2.48. The molecule has 2 aromatic rings. The number of halogens is 1. The van der Waals surface area contributed by atoms with Gasteiger partial charge in [0.1, 0.15) is 16.1 Å². The van der Waals surface area contributed by atoms with Gasteiger partial charge >= 0.3 is 0 Å². The number of ketones is 2. The molecule has 4 nitrogen and oxygen atoms in total. The molecular formula is C17H15ClN2O2S. The number of carbonyl (C=O) groups excluding carboxylic acids is 2. The molecule has 2 aliphatic carbocycles. The summed E-state index contributed by atoms with van der Waals surface area (Å²) in [6.45, 7) is 1.93. The van der Waals surface area contributed by atoms with Gasteiger partial charge in [0.25, 0.3) is 0 Å². The topological polar surface area (TPSA) is 59.9 Å². The maximum absolute atomic E-state index is 12.7. The van der Waals surface area contributed by atoms with Crippen molar-refractivity contribution < 1.29 is 9.59 Å². The average Bonchev–Trinajstić information content (AvgIpc) is 3.13. The quantitative estimate of drug-likeness (QED) is 0.612. The summed E-state index contributed by atoms with van der Waals surface area (Å²) < 4.78 is 0. The van der Waals surface area contributed by atoms with E-state index in [1.807, 2.05) is 13.0 Å². The van der Waals surface area contributed by atoms with Crippen molar-refractivity contribution >= 4 is 34.5 Å². The molecule has 0 N–H and O–H groups in total. The third kappa shape index (κ3) is 2.42. The fraction of sp³-hybridized carbons (Fsp3) is 0.412. The zero-order valence-corrected chi connectivity index (χ0v) is 14.2. The van der Waals surface area contributed by atoms with Gasteiger partial charge in [0.15, 0.2) is 11.6 Å². The molecule has 2 bridgehead atoms. The van der Waals surface area contributed by atoms with Crippen molar-refractivity contribution in [2.24, 2.45) is 11.8 Å². The molecule has 2 aliphatic rings. The Morgan fingerprint density at radius 1 is 1.17 bits per heavy atom. The summed E-state index contributed by atoms with van der Waals surface area (Å²) in [6.07, 6.45) is 4.11. The maximum Gasteiger partial charge on any atom is 0.152 e. The van der Waals surface area contributed by atoms with Gasteiger partial charge in [-0.1, -0.05) is 11.6 Å². The van der Waals surface area contributed by atoms with Gasteiger partial charge in [0.2, 0.25) is 0 Å². The summed E-state index contributed by atoms with van der Waals surface area (Å²) in [4.78, 5) is 34.9. The van der Waals surface area contributed by atoms with Crippen LogP contribution in [0.1, 0.15) is 35.8 Å². The molecule has 2 fully saturated rings. The summed E-state index contributed by atoms with van der Waals surface area (Å²) in [7, 11) is 0. The van der Waals surface area contributed by atoms with Gasteiger partial charge in [0.05, 0.1) is 5.69 Å². The van der Waals surface area contributed by atoms with E-state index in [0.717, 1.165) is 34.7 Å². The molecule has 2 heterocycles. The minimum Gasteiger partial charge on any atom is -0.298 e. The molecule has 23 heavy (non-hydrogen) atoms. The molecule has 0 spiro atoms. The lowest BCUT2D eigenvalue weighted by atomic mass is 9.77. The molecule has 118 valence electrons. The fourth-order valence-electron chi connectivity index (χ4n) is 3.68. The van der Waals surface area contributed by atoms with E-state index in [1.54, 1.807) is 12.3 Å². The lowest BCUT2D eigenvalue weighted by Gasteiger charge is -2.24. The number of aromatic nitrogens is 2. The van der Waals surface area contributed by atoms with Crippen molar-refractivity contribution in [3.05, 3.63) is 34.1 Å². The Kier molecular flexibility index (Phi) is 3.58. The molecule has 0 unspecified atom stereocenters. The van der Waals surface area contributed by atoms with E-state index in [2.05, 4.69) is 9.97 Å². The predicted octanol–water partition coefficient (Wildman–Crippen LogP) is 3.82. The number of rotatable bonds is 2. The Hall–Kier alpha value is -1.59. The largest absolute Gasteiger partial charge is 0.298 e. The molecule has 0 aliphatic heterocycles. The second kappa shape index (κ2) is 5.49. The smallest absolute Gasteiger partial charge is 0.152 e. The number of Topliss-reactive ketones (excluding diaryl/α,β-unsaturated/α-hetero) is 2. The monoisotopic (exact) mass is 346 g/mol. The highest BCUT2D eigenvalue weighted by Crippen LogP contribution is 2.45. The lowest BCUT2D eigenvalue weighted by Crippen LogP contribution is -2.35. The molecule has 6 heteroatoms. The molecule has 0 amide bonds. The van der Waals surface area contributed by atoms with Gasteiger partial charge in [-0.2, -0.15) is 0 Å².